The maximum Gasteiger partial charge on any atom is 0.323 e. The Morgan fingerprint density at radius 1 is 1.12 bits per heavy atom. The Labute approximate surface area is 157 Å². The van der Waals surface area contributed by atoms with E-state index in [1.165, 1.54) is 6.07 Å². The van der Waals surface area contributed by atoms with Gasteiger partial charge in [0.2, 0.25) is 0 Å². The quantitative estimate of drug-likeness (QED) is 0.853. The molecule has 1 saturated heterocycles. The third-order valence-corrected chi connectivity index (χ3v) is 4.76. The van der Waals surface area contributed by atoms with Gasteiger partial charge in [-0.2, -0.15) is 0 Å². The number of amides is 3. The van der Waals surface area contributed by atoms with Gasteiger partial charge in [0.25, 0.3) is 5.91 Å². The molecule has 1 aromatic heterocycles. The van der Waals surface area contributed by atoms with E-state index in [1.54, 1.807) is 12.1 Å². The van der Waals surface area contributed by atoms with Gasteiger partial charge in [0, 0.05) is 11.6 Å². The number of nitrogens with zero attached hydrogens (tertiary/aromatic N) is 2. The zero-order valence-electron chi connectivity index (χ0n) is 14.3. The molecule has 1 unspecified atom stereocenters. The highest BCUT2D eigenvalue weighted by atomic mass is 35.5. The molecule has 3 rings (SSSR count). The molecule has 2 heterocycles. The van der Waals surface area contributed by atoms with Crippen LogP contribution in [0.5, 0.6) is 0 Å². The largest absolute Gasteiger partial charge is 0.364 e. The molecule has 0 aliphatic carbocycles. The summed E-state index contributed by atoms with van der Waals surface area (Å²) < 4.78 is 0. The van der Waals surface area contributed by atoms with Crippen LogP contribution in [0.2, 0.25) is 5.02 Å². The molecule has 2 aromatic rings. The van der Waals surface area contributed by atoms with Crippen LogP contribution in [0.4, 0.5) is 10.6 Å². The first kappa shape index (κ1) is 18.2. The maximum atomic E-state index is 12.9. The molecule has 136 valence electrons. The summed E-state index contributed by atoms with van der Waals surface area (Å²) >= 11 is 5.99. The van der Waals surface area contributed by atoms with Crippen molar-refractivity contribution in [2.75, 3.05) is 11.9 Å². The Morgan fingerprint density at radius 2 is 1.88 bits per heavy atom. The van der Waals surface area contributed by atoms with Crippen molar-refractivity contribution in [2.45, 2.75) is 31.7 Å². The van der Waals surface area contributed by atoms with E-state index in [0.717, 1.165) is 31.2 Å². The summed E-state index contributed by atoms with van der Waals surface area (Å²) in [6.07, 6.45) is 3.99. The Morgan fingerprint density at radius 3 is 2.62 bits per heavy atom. The summed E-state index contributed by atoms with van der Waals surface area (Å²) in [4.78, 5) is 30.1. The van der Waals surface area contributed by atoms with Crippen LogP contribution in [-0.4, -0.2) is 28.4 Å². The van der Waals surface area contributed by atoms with Crippen LogP contribution in [0.15, 0.2) is 42.5 Å². The summed E-state index contributed by atoms with van der Waals surface area (Å²) in [6.45, 7) is 0.661. The van der Waals surface area contributed by atoms with Gasteiger partial charge in [-0.1, -0.05) is 42.6 Å². The number of benzene rings is 1. The molecule has 0 spiro atoms. The molecule has 0 saturated carbocycles. The summed E-state index contributed by atoms with van der Waals surface area (Å²) in [7, 11) is 0. The van der Waals surface area contributed by atoms with E-state index in [9.17, 15) is 9.59 Å². The zero-order valence-corrected chi connectivity index (χ0v) is 15.1. The molecule has 3 N–H and O–H groups in total. The van der Waals surface area contributed by atoms with Crippen LogP contribution < -0.4 is 11.1 Å². The van der Waals surface area contributed by atoms with E-state index in [1.807, 2.05) is 29.2 Å². The Kier molecular flexibility index (Phi) is 5.73. The lowest BCUT2D eigenvalue weighted by atomic mass is 10.0. The third kappa shape index (κ3) is 4.32. The van der Waals surface area contributed by atoms with Crippen LogP contribution in [0.3, 0.4) is 0 Å². The van der Waals surface area contributed by atoms with Gasteiger partial charge in [0.1, 0.15) is 11.5 Å². The monoisotopic (exact) mass is 372 g/mol. The lowest BCUT2D eigenvalue weighted by Crippen LogP contribution is -2.38. The first-order valence-corrected chi connectivity index (χ1v) is 9.02. The van der Waals surface area contributed by atoms with Crippen LogP contribution >= 0.6 is 11.6 Å². The summed E-state index contributed by atoms with van der Waals surface area (Å²) in [5, 5.41) is 3.46. The lowest BCUT2D eigenvalue weighted by molar-refractivity contribution is 0.0995. The molecule has 6 nitrogen and oxygen atoms in total. The van der Waals surface area contributed by atoms with Crippen molar-refractivity contribution in [3.63, 3.8) is 0 Å². The summed E-state index contributed by atoms with van der Waals surface area (Å²) in [5.74, 6) is -0.319. The molecular formula is C19H21ClN4O2. The van der Waals surface area contributed by atoms with Crippen molar-refractivity contribution >= 4 is 29.4 Å². The first-order chi connectivity index (χ1) is 12.5. The molecule has 1 aromatic carbocycles. The fourth-order valence-electron chi connectivity index (χ4n) is 3.21. The normalized spacial score (nSPS) is 17.4. The molecule has 1 aliphatic heterocycles. The van der Waals surface area contributed by atoms with Gasteiger partial charge in [-0.25, -0.2) is 9.78 Å². The number of urea groups is 1. The van der Waals surface area contributed by atoms with Crippen molar-refractivity contribution < 1.29 is 9.59 Å². The van der Waals surface area contributed by atoms with E-state index >= 15 is 0 Å². The fraction of sp³-hybridized carbons (Fsp3) is 0.316. The minimum absolute atomic E-state index is 0.0194. The standard InChI is InChI=1S/C19H21ClN4O2/c20-14-10-8-13(9-11-14)16-6-2-1-3-12-24(16)19(26)23-17-7-4-5-15(22-17)18(21)25/h4-5,7-11,16H,1-3,6,12H2,(H2,21,25)(H,22,23,26). The van der Waals surface area contributed by atoms with Crippen molar-refractivity contribution in [1.29, 1.82) is 0 Å². The van der Waals surface area contributed by atoms with Gasteiger partial charge in [-0.15, -0.1) is 0 Å². The number of carbonyl (C=O) groups excluding carboxylic acids is 2. The summed E-state index contributed by atoms with van der Waals surface area (Å²) in [6, 6.07) is 12.2. The maximum absolute atomic E-state index is 12.9. The number of nitrogens with two attached hydrogens (primary N) is 1. The number of pyridine rings is 1. The van der Waals surface area contributed by atoms with E-state index in [0.29, 0.717) is 17.4 Å². The lowest BCUT2D eigenvalue weighted by Gasteiger charge is -2.30. The summed E-state index contributed by atoms with van der Waals surface area (Å²) in [5.41, 5.74) is 6.43. The van der Waals surface area contributed by atoms with Crippen LogP contribution in [-0.2, 0) is 0 Å². The number of nitrogens with one attached hydrogen (secondary N) is 1. The third-order valence-electron chi connectivity index (χ3n) is 4.50. The second-order valence-electron chi connectivity index (χ2n) is 6.31. The highest BCUT2D eigenvalue weighted by molar-refractivity contribution is 6.30. The molecule has 1 aliphatic rings. The van der Waals surface area contributed by atoms with Crippen LogP contribution in [0.25, 0.3) is 0 Å². The number of anilines is 1. The molecule has 3 amide bonds. The smallest absolute Gasteiger partial charge is 0.323 e. The molecule has 1 atom stereocenters. The average molecular weight is 373 g/mol. The Balaban J connectivity index is 1.81. The molecule has 26 heavy (non-hydrogen) atoms. The first-order valence-electron chi connectivity index (χ1n) is 8.64. The number of hydrogen-bond donors (Lipinski definition) is 2. The minimum Gasteiger partial charge on any atom is -0.364 e. The predicted molar refractivity (Wildman–Crippen MR) is 101 cm³/mol. The molecule has 1 fully saturated rings. The van der Waals surface area contributed by atoms with Crippen molar-refractivity contribution in [3.05, 3.63) is 58.7 Å². The highest BCUT2D eigenvalue weighted by Gasteiger charge is 2.27. The van der Waals surface area contributed by atoms with Gasteiger partial charge in [-0.3, -0.25) is 10.1 Å². The van der Waals surface area contributed by atoms with Gasteiger partial charge in [0.15, 0.2) is 0 Å². The molecule has 7 heteroatoms. The minimum atomic E-state index is -0.630. The predicted octanol–water partition coefficient (Wildman–Crippen LogP) is 3.98. The number of hydrogen-bond acceptors (Lipinski definition) is 3. The number of likely N-dealkylation sites (tertiary alicyclic amines) is 1. The average Bonchev–Trinajstić information content (AvgIpc) is 2.88. The molecule has 0 bridgehead atoms. The van der Waals surface area contributed by atoms with Gasteiger partial charge in [0.05, 0.1) is 6.04 Å². The van der Waals surface area contributed by atoms with Crippen molar-refractivity contribution in [3.8, 4) is 0 Å². The second kappa shape index (κ2) is 8.19. The van der Waals surface area contributed by atoms with E-state index in [4.69, 9.17) is 17.3 Å². The number of halogens is 1. The number of rotatable bonds is 3. The number of primary amides is 1. The van der Waals surface area contributed by atoms with Crippen molar-refractivity contribution in [1.82, 2.24) is 9.88 Å². The highest BCUT2D eigenvalue weighted by Crippen LogP contribution is 2.31. The topological polar surface area (TPSA) is 88.3 Å². The van der Waals surface area contributed by atoms with Gasteiger partial charge in [-0.05, 0) is 42.7 Å². The van der Waals surface area contributed by atoms with E-state index in [2.05, 4.69) is 10.3 Å². The van der Waals surface area contributed by atoms with Crippen LogP contribution in [0, 0.1) is 0 Å². The molecular weight excluding hydrogens is 352 g/mol. The number of carbonyl (C=O) groups is 2. The SMILES string of the molecule is NC(=O)c1cccc(NC(=O)N2CCCCCC2c2ccc(Cl)cc2)n1. The van der Waals surface area contributed by atoms with Gasteiger partial charge < -0.3 is 10.6 Å². The number of aromatic nitrogens is 1. The Hall–Kier alpha value is -2.60. The molecule has 0 radical (unpaired) electrons. The van der Waals surface area contributed by atoms with Crippen LogP contribution in [0.1, 0.15) is 47.8 Å². The van der Waals surface area contributed by atoms with Crippen molar-refractivity contribution in [2.24, 2.45) is 5.73 Å². The fourth-order valence-corrected chi connectivity index (χ4v) is 3.33. The second-order valence-corrected chi connectivity index (χ2v) is 6.75. The Bertz CT molecular complexity index is 794. The van der Waals surface area contributed by atoms with E-state index in [-0.39, 0.29) is 17.8 Å². The van der Waals surface area contributed by atoms with E-state index < -0.39 is 5.91 Å². The zero-order chi connectivity index (χ0) is 18.5. The van der Waals surface area contributed by atoms with Gasteiger partial charge >= 0.3 is 6.03 Å².